The smallest absolute Gasteiger partial charge is 0.416 e. The predicted octanol–water partition coefficient (Wildman–Crippen LogP) is 7.57. The Morgan fingerprint density at radius 2 is 2.00 bits per heavy atom. The van der Waals surface area contributed by atoms with E-state index in [0.717, 1.165) is 42.7 Å². The van der Waals surface area contributed by atoms with Crippen LogP contribution in [-0.2, 0) is 0 Å². The van der Waals surface area contributed by atoms with E-state index in [1.165, 1.54) is 12.2 Å². The molecule has 0 radical (unpaired) electrons. The van der Waals surface area contributed by atoms with Gasteiger partial charge in [-0.15, -0.1) is 0 Å². The Labute approximate surface area is 207 Å². The summed E-state index contributed by atoms with van der Waals surface area (Å²) in [5.41, 5.74) is 2.47. The third kappa shape index (κ3) is 8.34. The molecule has 1 fully saturated rings. The normalized spacial score (nSPS) is 19.2. The van der Waals surface area contributed by atoms with Gasteiger partial charge in [0.15, 0.2) is 0 Å². The number of halogens is 3. The van der Waals surface area contributed by atoms with Crippen LogP contribution in [-0.4, -0.2) is 42.9 Å². The van der Waals surface area contributed by atoms with E-state index in [1.54, 1.807) is 51.4 Å². The Morgan fingerprint density at radius 1 is 1.26 bits per heavy atom. The third-order valence-electron chi connectivity index (χ3n) is 5.72. The van der Waals surface area contributed by atoms with Gasteiger partial charge in [0.1, 0.15) is 11.9 Å². The highest BCUT2D eigenvalue weighted by Gasteiger charge is 2.32. The Kier molecular flexibility index (Phi) is 10.7. The van der Waals surface area contributed by atoms with Crippen molar-refractivity contribution >= 4 is 0 Å². The van der Waals surface area contributed by atoms with Gasteiger partial charge in [-0.05, 0) is 75.8 Å². The summed E-state index contributed by atoms with van der Waals surface area (Å²) < 4.78 is 52.7. The monoisotopic (exact) mass is 490 g/mol. The molecule has 1 unspecified atom stereocenters. The molecule has 0 bridgehead atoms. The molecule has 1 atom stereocenters. The van der Waals surface area contributed by atoms with Gasteiger partial charge in [-0.3, -0.25) is 0 Å². The molecule has 1 saturated heterocycles. The Morgan fingerprint density at radius 3 is 2.60 bits per heavy atom. The highest BCUT2D eigenvalue weighted by Crippen LogP contribution is 2.33. The molecule has 0 amide bonds. The van der Waals surface area contributed by atoms with Gasteiger partial charge in [-0.25, -0.2) is 4.98 Å². The van der Waals surface area contributed by atoms with Crippen molar-refractivity contribution in [3.63, 3.8) is 0 Å². The largest absolute Gasteiger partial charge is 0.484 e. The molecule has 0 N–H and O–H groups in total. The van der Waals surface area contributed by atoms with Gasteiger partial charge in [0, 0.05) is 25.9 Å². The number of hydrogen-bond acceptors (Lipinski definition) is 4. The van der Waals surface area contributed by atoms with Gasteiger partial charge in [0.25, 0.3) is 0 Å². The molecule has 7 heteroatoms. The van der Waals surface area contributed by atoms with Crippen LogP contribution in [0.1, 0.15) is 53.4 Å². The highest BCUT2D eigenvalue weighted by atomic mass is 19.4. The van der Waals surface area contributed by atoms with Crippen molar-refractivity contribution in [1.29, 1.82) is 0 Å². The molecule has 192 valence electrons. The molecule has 0 aliphatic carbocycles. The van der Waals surface area contributed by atoms with Gasteiger partial charge in [-0.2, -0.15) is 13.2 Å². The van der Waals surface area contributed by atoms with Crippen LogP contribution in [0, 0.1) is 0 Å². The lowest BCUT2D eigenvalue weighted by atomic mass is 9.95. The van der Waals surface area contributed by atoms with E-state index in [1.807, 2.05) is 27.0 Å². The molecule has 0 aromatic carbocycles. The van der Waals surface area contributed by atoms with Gasteiger partial charge >= 0.3 is 6.18 Å². The van der Waals surface area contributed by atoms with Crippen LogP contribution < -0.4 is 9.47 Å². The van der Waals surface area contributed by atoms with E-state index in [0.29, 0.717) is 23.6 Å². The molecule has 4 nitrogen and oxygen atoms in total. The van der Waals surface area contributed by atoms with Crippen molar-refractivity contribution < 1.29 is 22.6 Å². The number of rotatable bonds is 8. The molecule has 1 aromatic rings. The number of hydrogen-bond donors (Lipinski definition) is 0. The zero-order valence-electron chi connectivity index (χ0n) is 21.6. The van der Waals surface area contributed by atoms with Crippen LogP contribution in [0.15, 0.2) is 76.7 Å². The zero-order chi connectivity index (χ0) is 26.0. The number of aromatic nitrogens is 1. The van der Waals surface area contributed by atoms with Crippen molar-refractivity contribution in [2.45, 2.75) is 65.7 Å². The summed E-state index contributed by atoms with van der Waals surface area (Å²) in [5, 5.41) is 0. The Hall–Kier alpha value is -2.96. The van der Waals surface area contributed by atoms with Crippen LogP contribution in [0.25, 0.3) is 0 Å². The zero-order valence-corrected chi connectivity index (χ0v) is 21.6. The van der Waals surface area contributed by atoms with Crippen molar-refractivity contribution in [2.24, 2.45) is 0 Å². The van der Waals surface area contributed by atoms with E-state index in [4.69, 9.17) is 9.47 Å². The van der Waals surface area contributed by atoms with Gasteiger partial charge in [0.2, 0.25) is 5.88 Å². The maximum absolute atomic E-state index is 13.7. The molecule has 1 aliphatic rings. The minimum atomic E-state index is -4.42. The minimum absolute atomic E-state index is 0.260. The first-order chi connectivity index (χ1) is 16.6. The van der Waals surface area contributed by atoms with E-state index in [2.05, 4.69) is 9.88 Å². The summed E-state index contributed by atoms with van der Waals surface area (Å²) in [4.78, 5) is 6.27. The molecule has 0 saturated carbocycles. The first kappa shape index (κ1) is 28.3. The number of nitrogens with zero attached hydrogens (tertiary/aromatic N) is 2. The minimum Gasteiger partial charge on any atom is -0.484 e. The molecule has 1 aliphatic heterocycles. The van der Waals surface area contributed by atoms with Crippen LogP contribution >= 0.6 is 0 Å². The molecule has 0 spiro atoms. The molecule has 2 rings (SSSR count). The van der Waals surface area contributed by atoms with Crippen molar-refractivity contribution in [3.8, 4) is 11.6 Å². The lowest BCUT2D eigenvalue weighted by molar-refractivity contribution is -0.0884. The Bertz CT molecular complexity index is 1000. The summed E-state index contributed by atoms with van der Waals surface area (Å²) >= 11 is 0. The topological polar surface area (TPSA) is 34.6 Å². The van der Waals surface area contributed by atoms with E-state index >= 15 is 0 Å². The summed E-state index contributed by atoms with van der Waals surface area (Å²) in [6, 6.07) is 3.52. The number of pyridine rings is 1. The first-order valence-corrected chi connectivity index (χ1v) is 12.0. The quantitative estimate of drug-likeness (QED) is 0.352. The maximum Gasteiger partial charge on any atom is 0.416 e. The summed E-state index contributed by atoms with van der Waals surface area (Å²) in [6.45, 7) is 8.19. The fraction of sp³-hybridized carbons (Fsp3) is 0.464. The van der Waals surface area contributed by atoms with Crippen LogP contribution in [0.2, 0.25) is 0 Å². The van der Waals surface area contributed by atoms with Gasteiger partial charge in [-0.1, -0.05) is 30.7 Å². The van der Waals surface area contributed by atoms with Crippen LogP contribution in [0.5, 0.6) is 11.6 Å². The summed E-state index contributed by atoms with van der Waals surface area (Å²) in [7, 11) is 3.55. The highest BCUT2D eigenvalue weighted by molar-refractivity contribution is 5.53. The van der Waals surface area contributed by atoms with Crippen LogP contribution in [0.4, 0.5) is 13.2 Å². The molecule has 1 aromatic heterocycles. The number of likely N-dealkylation sites (N-methyl/N-ethyl adjacent to an activating group) is 1. The standard InChI is InChI=1S/C28H37F3N2O2/c1-7-11-21(17-22(12-8-2)28(29,30)31)24(20(3)4)19-25-26(13-9-10-16-33(25)5)35-23-14-15-32-27(18-23)34-6/h7,11-12,14-15,17-19,26H,8-10,13,16H2,1-6H3/b11-7-,21-17+,22-12-,25-19-. The number of ether oxygens (including phenoxy) is 2. The second kappa shape index (κ2) is 13.2. The number of alkyl halides is 3. The predicted molar refractivity (Wildman–Crippen MR) is 135 cm³/mol. The Balaban J connectivity index is 2.60. The number of allylic oxidation sites excluding steroid dienone is 9. The van der Waals surface area contributed by atoms with Crippen molar-refractivity contribution in [3.05, 3.63) is 76.7 Å². The number of likely N-dealkylation sites (tertiary alicyclic amines) is 1. The second-order valence-electron chi connectivity index (χ2n) is 8.71. The average Bonchev–Trinajstić information content (AvgIpc) is 2.96. The van der Waals surface area contributed by atoms with E-state index in [9.17, 15) is 13.2 Å². The van der Waals surface area contributed by atoms with Crippen molar-refractivity contribution in [2.75, 3.05) is 20.7 Å². The fourth-order valence-electron chi connectivity index (χ4n) is 3.97. The third-order valence-corrected chi connectivity index (χ3v) is 5.72. The summed E-state index contributed by atoms with van der Waals surface area (Å²) in [6.07, 6.45) is 7.97. The molecular weight excluding hydrogens is 453 g/mol. The fourth-order valence-corrected chi connectivity index (χ4v) is 3.97. The van der Waals surface area contributed by atoms with Crippen molar-refractivity contribution in [1.82, 2.24) is 9.88 Å². The average molecular weight is 491 g/mol. The number of methoxy groups -OCH3 is 1. The lowest BCUT2D eigenvalue weighted by Crippen LogP contribution is -2.29. The molecule has 35 heavy (non-hydrogen) atoms. The first-order valence-electron chi connectivity index (χ1n) is 12.0. The second-order valence-corrected chi connectivity index (χ2v) is 8.71. The molecule has 2 heterocycles. The summed E-state index contributed by atoms with van der Waals surface area (Å²) in [5.74, 6) is 1.09. The maximum atomic E-state index is 13.7. The van der Waals surface area contributed by atoms with E-state index in [-0.39, 0.29) is 6.10 Å². The molecular formula is C28H37F3N2O2. The lowest BCUT2D eigenvalue weighted by Gasteiger charge is -2.28. The van der Waals surface area contributed by atoms with Gasteiger partial charge < -0.3 is 14.4 Å². The van der Waals surface area contributed by atoms with E-state index < -0.39 is 11.7 Å². The van der Waals surface area contributed by atoms with Gasteiger partial charge in [0.05, 0.1) is 18.4 Å². The SMILES string of the molecule is C\C=C/C(=C\C(=C\CC)C(F)(F)F)C(/C=C1/C(Oc2ccnc(OC)c2)CCCCN1C)=C(C)C. The van der Waals surface area contributed by atoms with Crippen LogP contribution in [0.3, 0.4) is 0 Å².